The number of hydrogen-bond donors (Lipinski definition) is 2. The summed E-state index contributed by atoms with van der Waals surface area (Å²) in [6.45, 7) is 1.59. The van der Waals surface area contributed by atoms with Crippen molar-refractivity contribution in [3.05, 3.63) is 35.4 Å². The Morgan fingerprint density at radius 1 is 1.35 bits per heavy atom. The van der Waals surface area contributed by atoms with Crippen molar-refractivity contribution in [3.8, 4) is 0 Å². The minimum atomic E-state index is -0.00985. The van der Waals surface area contributed by atoms with Gasteiger partial charge in [-0.05, 0) is 53.7 Å². The van der Waals surface area contributed by atoms with Gasteiger partial charge in [-0.3, -0.25) is 0 Å². The Bertz CT molecular complexity index is 491. The van der Waals surface area contributed by atoms with Crippen LogP contribution in [-0.4, -0.2) is 31.1 Å². The number of hydrogen-bond acceptors (Lipinski definition) is 2. The van der Waals surface area contributed by atoms with Crippen LogP contribution in [0.4, 0.5) is 4.79 Å². The molecular formula is C16H22N2OS. The lowest BCUT2D eigenvalue weighted by molar-refractivity contribution is 0.240. The summed E-state index contributed by atoms with van der Waals surface area (Å²) in [5.41, 5.74) is 3.03. The summed E-state index contributed by atoms with van der Waals surface area (Å²) in [4.78, 5) is 11.7. The predicted octanol–water partition coefficient (Wildman–Crippen LogP) is 2.62. The third-order valence-corrected chi connectivity index (χ3v) is 5.21. The van der Waals surface area contributed by atoms with E-state index in [1.807, 2.05) is 11.8 Å². The molecule has 0 unspecified atom stereocenters. The monoisotopic (exact) mass is 290 g/mol. The van der Waals surface area contributed by atoms with Crippen molar-refractivity contribution in [2.75, 3.05) is 25.1 Å². The van der Waals surface area contributed by atoms with E-state index in [4.69, 9.17) is 0 Å². The first-order chi connectivity index (χ1) is 9.81. The molecule has 1 aromatic rings. The standard InChI is InChI=1S/C16H22N2OS/c1-20-8-4-7-17-16(19)18-10-14-13-9-11-5-2-3-6-12(11)15(13)14/h2-3,5-6,13-15H,4,7-10H2,1H3,(H2,17,18,19)/t13-,14-,15+/m1/s1. The number of thioether (sulfide) groups is 1. The van der Waals surface area contributed by atoms with E-state index < -0.39 is 0 Å². The maximum atomic E-state index is 11.7. The van der Waals surface area contributed by atoms with Gasteiger partial charge in [0.05, 0.1) is 0 Å². The van der Waals surface area contributed by atoms with Crippen LogP contribution in [-0.2, 0) is 6.42 Å². The molecule has 108 valence electrons. The molecule has 2 aliphatic rings. The van der Waals surface area contributed by atoms with Gasteiger partial charge in [-0.1, -0.05) is 24.3 Å². The van der Waals surface area contributed by atoms with Gasteiger partial charge in [0.2, 0.25) is 0 Å². The van der Waals surface area contributed by atoms with Crippen LogP contribution in [0.1, 0.15) is 23.5 Å². The number of rotatable bonds is 6. The van der Waals surface area contributed by atoms with Gasteiger partial charge >= 0.3 is 6.03 Å². The molecule has 1 saturated carbocycles. The van der Waals surface area contributed by atoms with E-state index >= 15 is 0 Å². The quantitative estimate of drug-likeness (QED) is 0.791. The fourth-order valence-corrected chi connectivity index (χ4v) is 3.89. The van der Waals surface area contributed by atoms with Gasteiger partial charge < -0.3 is 10.6 Å². The van der Waals surface area contributed by atoms with E-state index in [2.05, 4.69) is 41.2 Å². The fraction of sp³-hybridized carbons (Fsp3) is 0.562. The summed E-state index contributed by atoms with van der Waals surface area (Å²) >= 11 is 1.81. The first-order valence-electron chi connectivity index (χ1n) is 7.39. The Balaban J connectivity index is 1.39. The molecule has 0 saturated heterocycles. The molecule has 2 aliphatic carbocycles. The summed E-state index contributed by atoms with van der Waals surface area (Å²) in [6, 6.07) is 8.73. The zero-order valence-electron chi connectivity index (χ0n) is 11.9. The van der Waals surface area contributed by atoms with E-state index in [1.165, 1.54) is 17.5 Å². The van der Waals surface area contributed by atoms with Gasteiger partial charge in [0, 0.05) is 13.1 Å². The van der Waals surface area contributed by atoms with E-state index in [-0.39, 0.29) is 6.03 Å². The van der Waals surface area contributed by atoms with Crippen molar-refractivity contribution in [2.45, 2.75) is 18.8 Å². The number of fused-ring (bicyclic) bond motifs is 3. The van der Waals surface area contributed by atoms with Gasteiger partial charge in [-0.15, -0.1) is 0 Å². The zero-order valence-corrected chi connectivity index (χ0v) is 12.7. The highest BCUT2D eigenvalue weighted by Crippen LogP contribution is 2.60. The SMILES string of the molecule is CSCCCNC(=O)NC[C@@H]1[C@H]2Cc3ccccc3[C@H]12. The van der Waals surface area contributed by atoms with Crippen molar-refractivity contribution in [1.82, 2.24) is 10.6 Å². The highest BCUT2D eigenvalue weighted by Gasteiger charge is 2.54. The van der Waals surface area contributed by atoms with Crippen molar-refractivity contribution >= 4 is 17.8 Å². The average molecular weight is 290 g/mol. The minimum absolute atomic E-state index is 0.00985. The molecular weight excluding hydrogens is 268 g/mol. The van der Waals surface area contributed by atoms with Crippen LogP contribution in [0.5, 0.6) is 0 Å². The van der Waals surface area contributed by atoms with Crippen LogP contribution >= 0.6 is 11.8 Å². The minimum Gasteiger partial charge on any atom is -0.338 e. The summed E-state index contributed by atoms with van der Waals surface area (Å²) in [6.07, 6.45) is 4.32. The van der Waals surface area contributed by atoms with Gasteiger partial charge in [-0.25, -0.2) is 4.79 Å². The van der Waals surface area contributed by atoms with Crippen molar-refractivity contribution in [1.29, 1.82) is 0 Å². The summed E-state index contributed by atoms with van der Waals surface area (Å²) in [5, 5.41) is 5.95. The largest absolute Gasteiger partial charge is 0.338 e. The molecule has 3 nitrogen and oxygen atoms in total. The second-order valence-electron chi connectivity index (χ2n) is 5.74. The molecule has 0 bridgehead atoms. The molecule has 0 heterocycles. The van der Waals surface area contributed by atoms with E-state index in [9.17, 15) is 4.79 Å². The van der Waals surface area contributed by atoms with Gasteiger partial charge in [-0.2, -0.15) is 11.8 Å². The van der Waals surface area contributed by atoms with Crippen molar-refractivity contribution in [2.24, 2.45) is 11.8 Å². The van der Waals surface area contributed by atoms with E-state index in [1.54, 1.807) is 0 Å². The van der Waals surface area contributed by atoms with Crippen LogP contribution in [0.15, 0.2) is 24.3 Å². The van der Waals surface area contributed by atoms with Gasteiger partial charge in [0.1, 0.15) is 0 Å². The molecule has 20 heavy (non-hydrogen) atoms. The topological polar surface area (TPSA) is 41.1 Å². The first kappa shape index (κ1) is 13.8. The molecule has 3 atom stereocenters. The van der Waals surface area contributed by atoms with Gasteiger partial charge in [0.15, 0.2) is 0 Å². The lowest BCUT2D eigenvalue weighted by atomic mass is 10.0. The third-order valence-electron chi connectivity index (χ3n) is 4.51. The highest BCUT2D eigenvalue weighted by molar-refractivity contribution is 7.98. The maximum Gasteiger partial charge on any atom is 0.314 e. The zero-order chi connectivity index (χ0) is 13.9. The Labute approximate surface area is 124 Å². The molecule has 0 aliphatic heterocycles. The molecule has 1 fully saturated rings. The summed E-state index contributed by atoms with van der Waals surface area (Å²) < 4.78 is 0. The molecule has 0 spiro atoms. The number of amides is 2. The average Bonchev–Trinajstić information content (AvgIpc) is 3.00. The predicted molar refractivity (Wildman–Crippen MR) is 84.3 cm³/mol. The van der Waals surface area contributed by atoms with Crippen molar-refractivity contribution in [3.63, 3.8) is 0 Å². The van der Waals surface area contributed by atoms with Gasteiger partial charge in [0.25, 0.3) is 0 Å². The molecule has 2 N–H and O–H groups in total. The number of urea groups is 1. The number of carbonyl (C=O) groups excluding carboxylic acids is 1. The number of carbonyl (C=O) groups is 1. The Kier molecular flexibility index (Phi) is 4.20. The number of nitrogens with one attached hydrogen (secondary N) is 2. The van der Waals surface area contributed by atoms with Crippen LogP contribution < -0.4 is 10.6 Å². The third kappa shape index (κ3) is 2.80. The first-order valence-corrected chi connectivity index (χ1v) is 8.79. The molecule has 0 radical (unpaired) electrons. The Morgan fingerprint density at radius 2 is 2.20 bits per heavy atom. The van der Waals surface area contributed by atoms with E-state index in [0.717, 1.165) is 31.2 Å². The van der Waals surface area contributed by atoms with E-state index in [0.29, 0.717) is 11.8 Å². The summed E-state index contributed by atoms with van der Waals surface area (Å²) in [7, 11) is 0. The highest BCUT2D eigenvalue weighted by atomic mass is 32.2. The molecule has 2 amide bonds. The lowest BCUT2D eigenvalue weighted by Gasteiger charge is -2.10. The van der Waals surface area contributed by atoms with Crippen molar-refractivity contribution < 1.29 is 4.79 Å². The second kappa shape index (κ2) is 6.08. The number of benzene rings is 1. The Hall–Kier alpha value is -1.16. The van der Waals surface area contributed by atoms with Crippen LogP contribution in [0.3, 0.4) is 0 Å². The van der Waals surface area contributed by atoms with Crippen LogP contribution in [0, 0.1) is 11.8 Å². The molecule has 4 heteroatoms. The lowest BCUT2D eigenvalue weighted by Crippen LogP contribution is -2.37. The van der Waals surface area contributed by atoms with Crippen LogP contribution in [0.25, 0.3) is 0 Å². The normalized spacial score (nSPS) is 25.8. The maximum absolute atomic E-state index is 11.7. The Morgan fingerprint density at radius 3 is 3.05 bits per heavy atom. The molecule has 1 aromatic carbocycles. The van der Waals surface area contributed by atoms with Crippen LogP contribution in [0.2, 0.25) is 0 Å². The fourth-order valence-electron chi connectivity index (χ4n) is 3.45. The summed E-state index contributed by atoms with van der Waals surface area (Å²) in [5.74, 6) is 3.22. The molecule has 3 rings (SSSR count). The molecule has 0 aromatic heterocycles. The second-order valence-corrected chi connectivity index (χ2v) is 6.73. The smallest absolute Gasteiger partial charge is 0.314 e.